The van der Waals surface area contributed by atoms with Gasteiger partial charge in [0.2, 0.25) is 11.9 Å². The lowest BCUT2D eigenvalue weighted by molar-refractivity contribution is -0.118. The summed E-state index contributed by atoms with van der Waals surface area (Å²) in [5.41, 5.74) is 11.5. The number of nitrogens with zero attached hydrogens (tertiary/aromatic N) is 3. The average molecular weight is 371 g/mol. The minimum Gasteiger partial charge on any atom is -0.370 e. The summed E-state index contributed by atoms with van der Waals surface area (Å²) >= 11 is 1.47. The van der Waals surface area contributed by atoms with Crippen LogP contribution in [0.1, 0.15) is 23.7 Å². The molecule has 3 aromatic rings. The zero-order valence-electron chi connectivity index (χ0n) is 13.9. The largest absolute Gasteiger partial charge is 0.370 e. The van der Waals surface area contributed by atoms with Gasteiger partial charge in [0.1, 0.15) is 16.2 Å². The molecule has 3 aromatic heterocycles. The molecule has 0 fully saturated rings. The van der Waals surface area contributed by atoms with Gasteiger partial charge in [-0.05, 0) is 19.1 Å². The third-order valence-electron chi connectivity index (χ3n) is 3.54. The molecular weight excluding hydrogens is 354 g/mol. The van der Waals surface area contributed by atoms with Gasteiger partial charge >= 0.3 is 0 Å². The molecule has 0 aliphatic heterocycles. The second-order valence-corrected chi connectivity index (χ2v) is 6.52. The molecule has 0 aliphatic carbocycles. The van der Waals surface area contributed by atoms with E-state index in [1.165, 1.54) is 17.5 Å². The minimum absolute atomic E-state index is 0.129. The number of hydrogen-bond donors (Lipinski definition) is 4. The van der Waals surface area contributed by atoms with Crippen LogP contribution in [-0.2, 0) is 4.79 Å². The molecule has 0 saturated heterocycles. The van der Waals surface area contributed by atoms with Gasteiger partial charge in [0.05, 0.1) is 5.69 Å². The standard InChI is InChI=1S/C16H17N7O2S/c1-8(5-12(17)24)21-16-20-6-10(13(18)25)14(23-16)22-11-7-26-15-9(11)3-2-4-19-15/h2-4,6-8H,5H2,1H3,(H2,17,24)(H2,18,25)(H2,20,21,22,23). The predicted molar refractivity (Wildman–Crippen MR) is 100 cm³/mol. The van der Waals surface area contributed by atoms with Crippen molar-refractivity contribution in [3.05, 3.63) is 35.5 Å². The van der Waals surface area contributed by atoms with E-state index in [-0.39, 0.29) is 29.8 Å². The Morgan fingerprint density at radius 1 is 1.31 bits per heavy atom. The molecule has 10 heteroatoms. The van der Waals surface area contributed by atoms with E-state index in [2.05, 4.69) is 25.6 Å². The number of nitrogens with one attached hydrogen (secondary N) is 2. The summed E-state index contributed by atoms with van der Waals surface area (Å²) in [5, 5.41) is 8.88. The second kappa shape index (κ2) is 7.31. The summed E-state index contributed by atoms with van der Waals surface area (Å²) in [6, 6.07) is 3.49. The van der Waals surface area contributed by atoms with Crippen LogP contribution in [0, 0.1) is 0 Å². The minimum atomic E-state index is -0.651. The highest BCUT2D eigenvalue weighted by Gasteiger charge is 2.16. The first-order valence-corrected chi connectivity index (χ1v) is 8.63. The number of pyridine rings is 1. The van der Waals surface area contributed by atoms with Crippen molar-refractivity contribution in [1.82, 2.24) is 15.0 Å². The fourth-order valence-electron chi connectivity index (χ4n) is 2.39. The van der Waals surface area contributed by atoms with Gasteiger partial charge in [0, 0.05) is 35.6 Å². The maximum atomic E-state index is 11.7. The summed E-state index contributed by atoms with van der Waals surface area (Å²) in [6.07, 6.45) is 3.18. The van der Waals surface area contributed by atoms with Gasteiger partial charge in [-0.15, -0.1) is 11.3 Å². The van der Waals surface area contributed by atoms with Gasteiger partial charge in [0.25, 0.3) is 5.91 Å². The molecule has 9 nitrogen and oxygen atoms in total. The molecule has 134 valence electrons. The average Bonchev–Trinajstić information content (AvgIpc) is 2.97. The highest BCUT2D eigenvalue weighted by Crippen LogP contribution is 2.31. The van der Waals surface area contributed by atoms with Crippen LogP contribution in [0.3, 0.4) is 0 Å². The Kier molecular flexibility index (Phi) is 4.94. The highest BCUT2D eigenvalue weighted by atomic mass is 32.1. The van der Waals surface area contributed by atoms with E-state index >= 15 is 0 Å². The van der Waals surface area contributed by atoms with E-state index in [4.69, 9.17) is 11.5 Å². The number of primary amides is 2. The number of thiophene rings is 1. The molecule has 26 heavy (non-hydrogen) atoms. The van der Waals surface area contributed by atoms with Crippen LogP contribution >= 0.6 is 11.3 Å². The third kappa shape index (κ3) is 3.86. The fourth-order valence-corrected chi connectivity index (χ4v) is 3.23. The van der Waals surface area contributed by atoms with Gasteiger partial charge in [0.15, 0.2) is 0 Å². The van der Waals surface area contributed by atoms with E-state index in [1.54, 1.807) is 13.1 Å². The molecule has 0 bridgehead atoms. The smallest absolute Gasteiger partial charge is 0.254 e. The van der Waals surface area contributed by atoms with Gasteiger partial charge in [-0.25, -0.2) is 9.97 Å². The Bertz CT molecular complexity index is 972. The number of nitrogens with two attached hydrogens (primary N) is 2. The number of carbonyl (C=O) groups is 2. The van der Waals surface area contributed by atoms with Gasteiger partial charge in [-0.3, -0.25) is 9.59 Å². The molecule has 0 aromatic carbocycles. The number of rotatable bonds is 7. The van der Waals surface area contributed by atoms with Crippen LogP contribution in [0.25, 0.3) is 10.2 Å². The van der Waals surface area contributed by atoms with E-state index in [1.807, 2.05) is 17.5 Å². The zero-order valence-corrected chi connectivity index (χ0v) is 14.7. The van der Waals surface area contributed by atoms with Crippen molar-refractivity contribution in [3.63, 3.8) is 0 Å². The van der Waals surface area contributed by atoms with Crippen molar-refractivity contribution >= 4 is 50.8 Å². The van der Waals surface area contributed by atoms with Crippen molar-refractivity contribution in [3.8, 4) is 0 Å². The number of anilines is 3. The molecule has 1 atom stereocenters. The molecule has 0 aliphatic rings. The lowest BCUT2D eigenvalue weighted by Crippen LogP contribution is -2.25. The molecule has 0 spiro atoms. The normalized spacial score (nSPS) is 11.9. The maximum Gasteiger partial charge on any atom is 0.254 e. The van der Waals surface area contributed by atoms with E-state index in [9.17, 15) is 9.59 Å². The summed E-state index contributed by atoms with van der Waals surface area (Å²) < 4.78 is 0. The number of amides is 2. The molecular formula is C16H17N7O2S. The van der Waals surface area contributed by atoms with Crippen LogP contribution in [0.4, 0.5) is 17.5 Å². The zero-order chi connectivity index (χ0) is 18.7. The van der Waals surface area contributed by atoms with Crippen molar-refractivity contribution in [2.45, 2.75) is 19.4 Å². The SMILES string of the molecule is CC(CC(N)=O)Nc1ncc(C(N)=O)c(Nc2csc3ncccc23)n1. The highest BCUT2D eigenvalue weighted by molar-refractivity contribution is 7.17. The first-order valence-electron chi connectivity index (χ1n) is 7.75. The lowest BCUT2D eigenvalue weighted by atomic mass is 10.2. The van der Waals surface area contributed by atoms with E-state index < -0.39 is 11.8 Å². The molecule has 1 unspecified atom stereocenters. The Balaban J connectivity index is 1.92. The number of aromatic nitrogens is 3. The van der Waals surface area contributed by atoms with Crippen LogP contribution < -0.4 is 22.1 Å². The van der Waals surface area contributed by atoms with Crippen molar-refractivity contribution in [1.29, 1.82) is 0 Å². The van der Waals surface area contributed by atoms with Crippen molar-refractivity contribution in [2.75, 3.05) is 10.6 Å². The van der Waals surface area contributed by atoms with E-state index in [0.29, 0.717) is 0 Å². The van der Waals surface area contributed by atoms with Crippen LogP contribution in [-0.4, -0.2) is 32.8 Å². The number of fused-ring (bicyclic) bond motifs is 1. The van der Waals surface area contributed by atoms with E-state index in [0.717, 1.165) is 15.9 Å². The summed E-state index contributed by atoms with van der Waals surface area (Å²) in [7, 11) is 0. The Morgan fingerprint density at radius 2 is 2.12 bits per heavy atom. The third-order valence-corrected chi connectivity index (χ3v) is 4.44. The molecule has 3 heterocycles. The first kappa shape index (κ1) is 17.5. The molecule has 0 radical (unpaired) electrons. The maximum absolute atomic E-state index is 11.7. The van der Waals surface area contributed by atoms with Gasteiger partial charge in [-0.2, -0.15) is 4.98 Å². The summed E-state index contributed by atoms with van der Waals surface area (Å²) in [5.74, 6) is -0.565. The number of carbonyl (C=O) groups excluding carboxylic acids is 2. The Labute approximate surface area is 152 Å². The Hall–Kier alpha value is -3.27. The number of hydrogen-bond acceptors (Lipinski definition) is 8. The van der Waals surface area contributed by atoms with Crippen LogP contribution in [0.5, 0.6) is 0 Å². The van der Waals surface area contributed by atoms with Crippen molar-refractivity contribution in [2.24, 2.45) is 11.5 Å². The summed E-state index contributed by atoms with van der Waals surface area (Å²) in [4.78, 5) is 36.3. The first-order chi connectivity index (χ1) is 12.4. The van der Waals surface area contributed by atoms with Crippen molar-refractivity contribution < 1.29 is 9.59 Å². The lowest BCUT2D eigenvalue weighted by Gasteiger charge is -2.14. The molecule has 3 rings (SSSR count). The molecule has 0 saturated carbocycles. The van der Waals surface area contributed by atoms with Gasteiger partial charge in [-0.1, -0.05) is 0 Å². The topological polar surface area (TPSA) is 149 Å². The summed E-state index contributed by atoms with van der Waals surface area (Å²) in [6.45, 7) is 1.78. The van der Waals surface area contributed by atoms with Crippen LogP contribution in [0.15, 0.2) is 29.9 Å². The monoisotopic (exact) mass is 371 g/mol. The van der Waals surface area contributed by atoms with Gasteiger partial charge < -0.3 is 22.1 Å². The Morgan fingerprint density at radius 3 is 2.85 bits per heavy atom. The quantitative estimate of drug-likeness (QED) is 0.493. The molecule has 2 amide bonds. The fraction of sp³-hybridized carbons (Fsp3) is 0.188. The second-order valence-electron chi connectivity index (χ2n) is 5.67. The molecule has 6 N–H and O–H groups in total. The predicted octanol–water partition coefficient (Wildman–Crippen LogP) is 1.60. The van der Waals surface area contributed by atoms with Crippen LogP contribution in [0.2, 0.25) is 0 Å².